The Kier molecular flexibility index (Phi) is 5.65. The summed E-state index contributed by atoms with van der Waals surface area (Å²) >= 11 is 7.39. The quantitative estimate of drug-likeness (QED) is 0.882. The number of amides is 3. The Morgan fingerprint density at radius 1 is 1.36 bits per heavy atom. The maximum Gasteiger partial charge on any atom is 0.317 e. The number of hydrogen-bond acceptors (Lipinski definition) is 4. The summed E-state index contributed by atoms with van der Waals surface area (Å²) in [7, 11) is 1.76. The Hall–Kier alpha value is -1.99. The highest BCUT2D eigenvalue weighted by atomic mass is 35.5. The molecule has 0 aliphatic carbocycles. The van der Waals surface area contributed by atoms with E-state index in [1.807, 2.05) is 12.1 Å². The normalized spacial score (nSPS) is 15.2. The Morgan fingerprint density at radius 2 is 2.12 bits per heavy atom. The van der Waals surface area contributed by atoms with Crippen LogP contribution in [0.2, 0.25) is 4.34 Å². The third kappa shape index (κ3) is 4.55. The molecule has 1 fully saturated rings. The number of rotatable bonds is 4. The average Bonchev–Trinajstić information content (AvgIpc) is 3.27. The molecule has 0 unspecified atom stereocenters. The fourth-order valence-corrected chi connectivity index (χ4v) is 3.95. The molecule has 2 aromatic rings. The molecule has 3 amide bonds. The van der Waals surface area contributed by atoms with Gasteiger partial charge in [0.1, 0.15) is 0 Å². The Morgan fingerprint density at radius 3 is 2.72 bits per heavy atom. The van der Waals surface area contributed by atoms with E-state index in [0.717, 1.165) is 22.1 Å². The lowest BCUT2D eigenvalue weighted by atomic mass is 10.0. The molecule has 0 atom stereocenters. The second kappa shape index (κ2) is 7.93. The summed E-state index contributed by atoms with van der Waals surface area (Å²) in [6.07, 6.45) is 2.96. The number of thiophene rings is 1. The van der Waals surface area contributed by atoms with E-state index in [0.29, 0.717) is 25.4 Å². The number of nitrogens with zero attached hydrogens (tertiary/aromatic N) is 2. The van der Waals surface area contributed by atoms with Crippen molar-refractivity contribution in [2.24, 2.45) is 0 Å². The van der Waals surface area contributed by atoms with Crippen molar-refractivity contribution in [2.75, 3.05) is 20.1 Å². The first kappa shape index (κ1) is 17.8. The maximum absolute atomic E-state index is 12.3. The summed E-state index contributed by atoms with van der Waals surface area (Å²) < 4.78 is 5.87. The van der Waals surface area contributed by atoms with Crippen molar-refractivity contribution in [1.29, 1.82) is 0 Å². The number of carbonyl (C=O) groups excluding carboxylic acids is 2. The molecule has 25 heavy (non-hydrogen) atoms. The van der Waals surface area contributed by atoms with Gasteiger partial charge in [0.15, 0.2) is 5.76 Å². The van der Waals surface area contributed by atoms with Gasteiger partial charge in [-0.3, -0.25) is 4.79 Å². The zero-order valence-corrected chi connectivity index (χ0v) is 15.5. The summed E-state index contributed by atoms with van der Waals surface area (Å²) in [5, 5.41) is 3.04. The molecule has 0 aromatic carbocycles. The minimum atomic E-state index is -0.111. The molecule has 2 aromatic heterocycles. The van der Waals surface area contributed by atoms with E-state index in [1.165, 1.54) is 17.6 Å². The average molecular weight is 382 g/mol. The van der Waals surface area contributed by atoms with Crippen LogP contribution in [0.15, 0.2) is 34.9 Å². The molecule has 0 bridgehead atoms. The number of likely N-dealkylation sites (tertiary alicyclic amines) is 1. The van der Waals surface area contributed by atoms with Gasteiger partial charge in [0.2, 0.25) is 0 Å². The summed E-state index contributed by atoms with van der Waals surface area (Å²) in [5.41, 5.74) is 0. The fraction of sp³-hybridized carbons (Fsp3) is 0.412. The van der Waals surface area contributed by atoms with Gasteiger partial charge in [-0.15, -0.1) is 11.3 Å². The van der Waals surface area contributed by atoms with Crippen LogP contribution in [0, 0.1) is 0 Å². The molecule has 0 spiro atoms. The maximum atomic E-state index is 12.3. The van der Waals surface area contributed by atoms with Gasteiger partial charge in [-0.1, -0.05) is 11.6 Å². The Balaban J connectivity index is 1.45. The molecular weight excluding hydrogens is 362 g/mol. The van der Waals surface area contributed by atoms with Gasteiger partial charge in [-0.25, -0.2) is 4.79 Å². The van der Waals surface area contributed by atoms with E-state index in [2.05, 4.69) is 5.32 Å². The number of carbonyl (C=O) groups is 2. The molecule has 0 radical (unpaired) electrons. The van der Waals surface area contributed by atoms with Crippen LogP contribution in [-0.2, 0) is 6.54 Å². The molecule has 0 saturated carbocycles. The van der Waals surface area contributed by atoms with Crippen molar-refractivity contribution >= 4 is 34.9 Å². The van der Waals surface area contributed by atoms with Crippen LogP contribution in [0.4, 0.5) is 4.79 Å². The fourth-order valence-electron chi connectivity index (χ4n) is 2.81. The lowest BCUT2D eigenvalue weighted by molar-refractivity contribution is 0.0674. The number of piperidine rings is 1. The molecular formula is C17H20ClN3O3S. The highest BCUT2D eigenvalue weighted by molar-refractivity contribution is 7.16. The second-order valence-corrected chi connectivity index (χ2v) is 7.85. The second-order valence-electron chi connectivity index (χ2n) is 6.06. The van der Waals surface area contributed by atoms with Gasteiger partial charge in [0, 0.05) is 31.1 Å². The number of nitrogens with one attached hydrogen (secondary N) is 1. The van der Waals surface area contributed by atoms with Gasteiger partial charge in [0.25, 0.3) is 5.91 Å². The zero-order valence-electron chi connectivity index (χ0n) is 13.9. The standard InChI is InChI=1S/C17H20ClN3O3S/c1-20(11-13-4-5-15(18)25-13)17(23)19-12-6-8-21(9-7-12)16(22)14-3-2-10-24-14/h2-5,10,12H,6-9,11H2,1H3,(H,19,23). The smallest absolute Gasteiger partial charge is 0.317 e. The van der Waals surface area contributed by atoms with Crippen LogP contribution in [0.5, 0.6) is 0 Å². The summed E-state index contributed by atoms with van der Waals surface area (Å²) in [6.45, 7) is 1.74. The molecule has 3 rings (SSSR count). The van der Waals surface area contributed by atoms with Crippen LogP contribution in [0.3, 0.4) is 0 Å². The molecule has 1 aliphatic rings. The predicted octanol–water partition coefficient (Wildman–Crippen LogP) is 3.44. The van der Waals surface area contributed by atoms with Crippen LogP contribution in [0.1, 0.15) is 28.3 Å². The van der Waals surface area contributed by atoms with Crippen molar-refractivity contribution in [1.82, 2.24) is 15.1 Å². The van der Waals surface area contributed by atoms with Gasteiger partial charge < -0.3 is 19.5 Å². The van der Waals surface area contributed by atoms with Gasteiger partial charge >= 0.3 is 6.03 Å². The monoisotopic (exact) mass is 381 g/mol. The molecule has 1 N–H and O–H groups in total. The van der Waals surface area contributed by atoms with Crippen LogP contribution >= 0.6 is 22.9 Å². The summed E-state index contributed by atoms with van der Waals surface area (Å²) in [4.78, 5) is 29.0. The van der Waals surface area contributed by atoms with Crippen molar-refractivity contribution < 1.29 is 14.0 Å². The first-order valence-corrected chi connectivity index (χ1v) is 9.31. The van der Waals surface area contributed by atoms with E-state index in [9.17, 15) is 9.59 Å². The highest BCUT2D eigenvalue weighted by Gasteiger charge is 2.26. The third-order valence-corrected chi connectivity index (χ3v) is 5.43. The summed E-state index contributed by atoms with van der Waals surface area (Å²) in [6, 6.07) is 7.09. The predicted molar refractivity (Wildman–Crippen MR) is 97.0 cm³/mol. The third-order valence-electron chi connectivity index (χ3n) is 4.21. The highest BCUT2D eigenvalue weighted by Crippen LogP contribution is 2.22. The van der Waals surface area contributed by atoms with Gasteiger partial charge in [0.05, 0.1) is 17.1 Å². The lowest BCUT2D eigenvalue weighted by Crippen LogP contribution is -2.49. The van der Waals surface area contributed by atoms with Crippen molar-refractivity contribution in [3.05, 3.63) is 45.5 Å². The molecule has 6 nitrogen and oxygen atoms in total. The molecule has 3 heterocycles. The zero-order chi connectivity index (χ0) is 17.8. The van der Waals surface area contributed by atoms with E-state index in [4.69, 9.17) is 16.0 Å². The van der Waals surface area contributed by atoms with E-state index < -0.39 is 0 Å². The molecule has 8 heteroatoms. The van der Waals surface area contributed by atoms with Crippen LogP contribution < -0.4 is 5.32 Å². The van der Waals surface area contributed by atoms with Crippen LogP contribution in [0.25, 0.3) is 0 Å². The molecule has 134 valence electrons. The number of furan rings is 1. The number of halogens is 1. The largest absolute Gasteiger partial charge is 0.459 e. The van der Waals surface area contributed by atoms with Crippen molar-refractivity contribution in [2.45, 2.75) is 25.4 Å². The van der Waals surface area contributed by atoms with Crippen molar-refractivity contribution in [3.63, 3.8) is 0 Å². The number of hydrogen-bond donors (Lipinski definition) is 1. The van der Waals surface area contributed by atoms with E-state index >= 15 is 0 Å². The first-order chi connectivity index (χ1) is 12.0. The van der Waals surface area contributed by atoms with E-state index in [1.54, 1.807) is 29.0 Å². The minimum absolute atomic E-state index is 0.0718. The molecule has 1 aliphatic heterocycles. The van der Waals surface area contributed by atoms with Crippen LogP contribution in [-0.4, -0.2) is 47.9 Å². The lowest BCUT2D eigenvalue weighted by Gasteiger charge is -2.32. The minimum Gasteiger partial charge on any atom is -0.459 e. The SMILES string of the molecule is CN(Cc1ccc(Cl)s1)C(=O)NC1CCN(C(=O)c2ccco2)CC1. The Labute approximate surface area is 155 Å². The van der Waals surface area contributed by atoms with E-state index in [-0.39, 0.29) is 18.0 Å². The molecule has 1 saturated heterocycles. The van der Waals surface area contributed by atoms with Gasteiger partial charge in [-0.05, 0) is 37.1 Å². The number of urea groups is 1. The Bertz CT molecular complexity index is 723. The topological polar surface area (TPSA) is 65.8 Å². The van der Waals surface area contributed by atoms with Crippen molar-refractivity contribution in [3.8, 4) is 0 Å². The van der Waals surface area contributed by atoms with Gasteiger partial charge in [-0.2, -0.15) is 0 Å². The first-order valence-electron chi connectivity index (χ1n) is 8.11. The summed E-state index contributed by atoms with van der Waals surface area (Å²) in [5.74, 6) is 0.262.